The largest absolute Gasteiger partial charge is 0.305 e. The number of benzene rings is 1. The Morgan fingerprint density at radius 3 is 2.72 bits per heavy atom. The number of hydrogen-bond acceptors (Lipinski definition) is 5. The Balaban J connectivity index is 0.00000144. The van der Waals surface area contributed by atoms with Gasteiger partial charge in [-0.25, -0.2) is 4.39 Å². The van der Waals surface area contributed by atoms with E-state index in [1.807, 2.05) is 42.1 Å². The Hall–Kier alpha value is -1.67. The molecule has 3 heterocycles. The molecule has 1 saturated heterocycles. The van der Waals surface area contributed by atoms with Gasteiger partial charge in [0.2, 0.25) is 0 Å². The summed E-state index contributed by atoms with van der Waals surface area (Å²) in [6.45, 7) is 3.48. The molecule has 2 aromatic heterocycles. The van der Waals surface area contributed by atoms with Crippen LogP contribution in [0.4, 0.5) is 4.39 Å². The van der Waals surface area contributed by atoms with Gasteiger partial charge in [0.05, 0.1) is 0 Å². The van der Waals surface area contributed by atoms with Gasteiger partial charge in [-0.05, 0) is 73.5 Å². The minimum atomic E-state index is -0.144. The van der Waals surface area contributed by atoms with Crippen LogP contribution in [-0.4, -0.2) is 50.0 Å². The average Bonchev–Trinajstić information content (AvgIpc) is 3.11. The summed E-state index contributed by atoms with van der Waals surface area (Å²) in [6.07, 6.45) is 7.23. The number of pyridine rings is 1. The quantitative estimate of drug-likeness (QED) is 0.332. The van der Waals surface area contributed by atoms with E-state index >= 15 is 0 Å². The molecule has 172 valence electrons. The highest BCUT2D eigenvalue weighted by Gasteiger charge is 2.57. The number of likely N-dealkylation sites (tertiary alicyclic amines) is 1. The van der Waals surface area contributed by atoms with E-state index in [9.17, 15) is 4.39 Å². The van der Waals surface area contributed by atoms with Crippen molar-refractivity contribution in [2.24, 2.45) is 12.5 Å². The molecular formula is C23H28Cl2FN5S. The first-order valence-electron chi connectivity index (χ1n) is 10.6. The molecule has 5 rings (SSSR count). The van der Waals surface area contributed by atoms with Gasteiger partial charge in [0.1, 0.15) is 5.82 Å². The van der Waals surface area contributed by atoms with Crippen LogP contribution in [0.5, 0.6) is 0 Å². The standard InChI is InChI=1S/C23H26FN5S.2ClH/c1-28-21(18-4-2-10-25-15-18)26-27-22(28)30-13-3-11-29-12-9-23(16-29)14-20(23)17-5-7-19(24)8-6-17;;/h2,4-8,10,15,20H,3,9,11-14,16H2,1H3;2*1H/t20-,23+;;/m1../s1. The lowest BCUT2D eigenvalue weighted by Gasteiger charge is -2.16. The highest BCUT2D eigenvalue weighted by Crippen LogP contribution is 2.64. The third-order valence-corrected chi connectivity index (χ3v) is 7.64. The topological polar surface area (TPSA) is 46.8 Å². The highest BCUT2D eigenvalue weighted by molar-refractivity contribution is 7.99. The van der Waals surface area contributed by atoms with Crippen LogP contribution in [0.25, 0.3) is 11.4 Å². The van der Waals surface area contributed by atoms with Crippen molar-refractivity contribution in [3.05, 3.63) is 60.2 Å². The molecule has 5 nitrogen and oxygen atoms in total. The van der Waals surface area contributed by atoms with E-state index in [4.69, 9.17) is 0 Å². The molecular weight excluding hydrogens is 468 g/mol. The van der Waals surface area contributed by atoms with Crippen molar-refractivity contribution in [2.45, 2.75) is 30.3 Å². The Morgan fingerprint density at radius 2 is 1.97 bits per heavy atom. The van der Waals surface area contributed by atoms with Gasteiger partial charge in [-0.3, -0.25) is 4.98 Å². The lowest BCUT2D eigenvalue weighted by Crippen LogP contribution is -2.23. The van der Waals surface area contributed by atoms with Crippen LogP contribution < -0.4 is 0 Å². The van der Waals surface area contributed by atoms with Gasteiger partial charge in [0.15, 0.2) is 11.0 Å². The fourth-order valence-corrected chi connectivity index (χ4v) is 5.61. The molecule has 1 aliphatic heterocycles. The maximum atomic E-state index is 13.2. The Bertz CT molecular complexity index is 1020. The van der Waals surface area contributed by atoms with Gasteiger partial charge in [0.25, 0.3) is 0 Å². The highest BCUT2D eigenvalue weighted by atomic mass is 35.5. The molecule has 32 heavy (non-hydrogen) atoms. The maximum absolute atomic E-state index is 13.2. The number of aromatic nitrogens is 4. The molecule has 0 N–H and O–H groups in total. The Morgan fingerprint density at radius 1 is 1.16 bits per heavy atom. The molecule has 2 aliphatic rings. The van der Waals surface area contributed by atoms with E-state index in [0.717, 1.165) is 35.3 Å². The second-order valence-corrected chi connectivity index (χ2v) is 9.57. The summed E-state index contributed by atoms with van der Waals surface area (Å²) < 4.78 is 15.2. The van der Waals surface area contributed by atoms with Crippen LogP contribution in [0.15, 0.2) is 53.9 Å². The van der Waals surface area contributed by atoms with Crippen LogP contribution in [0, 0.1) is 11.2 Å². The van der Waals surface area contributed by atoms with E-state index in [1.165, 1.54) is 31.5 Å². The molecule has 2 fully saturated rings. The van der Waals surface area contributed by atoms with Crippen molar-refractivity contribution in [2.75, 3.05) is 25.4 Å². The fraction of sp³-hybridized carbons (Fsp3) is 0.435. The predicted octanol–water partition coefficient (Wildman–Crippen LogP) is 5.22. The lowest BCUT2D eigenvalue weighted by atomic mass is 9.98. The minimum absolute atomic E-state index is 0. The van der Waals surface area contributed by atoms with Crippen LogP contribution in [0.2, 0.25) is 0 Å². The van der Waals surface area contributed by atoms with E-state index in [-0.39, 0.29) is 30.6 Å². The van der Waals surface area contributed by atoms with E-state index in [1.54, 1.807) is 30.1 Å². The van der Waals surface area contributed by atoms with Crippen LogP contribution in [0.1, 0.15) is 30.7 Å². The third-order valence-electron chi connectivity index (χ3n) is 6.53. The minimum Gasteiger partial charge on any atom is -0.305 e. The summed E-state index contributed by atoms with van der Waals surface area (Å²) in [7, 11) is 2.01. The molecule has 1 aliphatic carbocycles. The molecule has 9 heteroatoms. The molecule has 0 amide bonds. The summed E-state index contributed by atoms with van der Waals surface area (Å²) in [5.41, 5.74) is 2.73. The van der Waals surface area contributed by atoms with Crippen molar-refractivity contribution in [1.29, 1.82) is 0 Å². The van der Waals surface area contributed by atoms with Gasteiger partial charge in [-0.1, -0.05) is 23.9 Å². The number of hydrogen-bond donors (Lipinski definition) is 0. The van der Waals surface area contributed by atoms with Crippen LogP contribution in [0.3, 0.4) is 0 Å². The van der Waals surface area contributed by atoms with E-state index < -0.39 is 0 Å². The van der Waals surface area contributed by atoms with E-state index in [0.29, 0.717) is 11.3 Å². The van der Waals surface area contributed by atoms with Crippen molar-refractivity contribution in [3.63, 3.8) is 0 Å². The summed E-state index contributed by atoms with van der Waals surface area (Å²) in [4.78, 5) is 6.77. The second kappa shape index (κ2) is 10.5. The van der Waals surface area contributed by atoms with Gasteiger partial charge in [-0.15, -0.1) is 35.0 Å². The zero-order valence-electron chi connectivity index (χ0n) is 18.0. The van der Waals surface area contributed by atoms with Gasteiger partial charge >= 0.3 is 0 Å². The maximum Gasteiger partial charge on any atom is 0.191 e. The van der Waals surface area contributed by atoms with Crippen molar-refractivity contribution in [1.82, 2.24) is 24.6 Å². The fourth-order valence-electron chi connectivity index (χ4n) is 4.78. The Kier molecular flexibility index (Phi) is 8.20. The van der Waals surface area contributed by atoms with Gasteiger partial charge in [-0.2, -0.15) is 0 Å². The van der Waals surface area contributed by atoms with Crippen molar-refractivity contribution >= 4 is 36.6 Å². The zero-order valence-corrected chi connectivity index (χ0v) is 20.4. The molecule has 0 bridgehead atoms. The second-order valence-electron chi connectivity index (χ2n) is 8.51. The summed E-state index contributed by atoms with van der Waals surface area (Å²) in [5.74, 6) is 2.35. The first-order valence-corrected chi connectivity index (χ1v) is 11.5. The number of thioether (sulfide) groups is 1. The normalized spacial score (nSPS) is 21.9. The average molecular weight is 496 g/mol. The van der Waals surface area contributed by atoms with E-state index in [2.05, 4.69) is 20.1 Å². The summed E-state index contributed by atoms with van der Waals surface area (Å²) in [6, 6.07) is 11.0. The number of halogens is 3. The smallest absolute Gasteiger partial charge is 0.191 e. The molecule has 0 radical (unpaired) electrons. The van der Waals surface area contributed by atoms with Gasteiger partial charge < -0.3 is 9.47 Å². The molecule has 1 saturated carbocycles. The van der Waals surface area contributed by atoms with Crippen LogP contribution in [-0.2, 0) is 7.05 Å². The third kappa shape index (κ3) is 5.11. The number of rotatable bonds is 7. The zero-order chi connectivity index (χ0) is 20.6. The summed E-state index contributed by atoms with van der Waals surface area (Å²) >= 11 is 1.77. The first-order chi connectivity index (χ1) is 14.6. The SMILES string of the molecule is Cl.Cl.Cn1c(SCCCN2CC[C@]3(C[C@@H]3c3ccc(F)cc3)C2)nnc1-c1cccnc1. The number of nitrogens with zero attached hydrogens (tertiary/aromatic N) is 5. The lowest BCUT2D eigenvalue weighted by molar-refractivity contribution is 0.319. The first kappa shape index (κ1) is 25.0. The molecule has 3 aromatic rings. The predicted molar refractivity (Wildman–Crippen MR) is 131 cm³/mol. The Labute approximate surface area is 205 Å². The van der Waals surface area contributed by atoms with Crippen molar-refractivity contribution < 1.29 is 4.39 Å². The summed E-state index contributed by atoms with van der Waals surface area (Å²) in [5, 5.41) is 9.63. The molecule has 1 spiro atoms. The molecule has 0 unspecified atom stereocenters. The monoisotopic (exact) mass is 495 g/mol. The van der Waals surface area contributed by atoms with Crippen LogP contribution >= 0.6 is 36.6 Å². The van der Waals surface area contributed by atoms with Crippen molar-refractivity contribution in [3.8, 4) is 11.4 Å². The molecule has 1 aromatic carbocycles. The van der Waals surface area contributed by atoms with Gasteiger partial charge in [0, 0.05) is 37.3 Å². The molecule has 2 atom stereocenters.